The highest BCUT2D eigenvalue weighted by Gasteiger charge is 2.36. The lowest BCUT2D eigenvalue weighted by atomic mass is 10.5. The van der Waals surface area contributed by atoms with Gasteiger partial charge in [0, 0.05) is 40.1 Å². The van der Waals surface area contributed by atoms with E-state index in [2.05, 4.69) is 13.5 Å². The molecule has 7 nitrogen and oxygen atoms in total. The second-order valence-electron chi connectivity index (χ2n) is 4.80. The van der Waals surface area contributed by atoms with Crippen LogP contribution in [0.4, 0.5) is 0 Å². The summed E-state index contributed by atoms with van der Waals surface area (Å²) < 4.78 is 30.5. The van der Waals surface area contributed by atoms with Crippen LogP contribution in [0, 0.1) is 0 Å². The van der Waals surface area contributed by atoms with E-state index in [1.54, 1.807) is 21.3 Å². The molecule has 1 heterocycles. The van der Waals surface area contributed by atoms with Crippen molar-refractivity contribution in [2.24, 2.45) is 0 Å². The van der Waals surface area contributed by atoms with Crippen molar-refractivity contribution in [2.75, 3.05) is 47.8 Å². The molecule has 1 aliphatic rings. The molecule has 1 fully saturated rings. The highest BCUT2D eigenvalue weighted by atomic mass is 28.4. The zero-order chi connectivity index (χ0) is 17.6. The molecule has 0 saturated carbocycles. The molecule has 8 heteroatoms. The second kappa shape index (κ2) is 13.6. The van der Waals surface area contributed by atoms with Crippen LogP contribution in [0.3, 0.4) is 0 Å². The van der Waals surface area contributed by atoms with E-state index >= 15 is 0 Å². The van der Waals surface area contributed by atoms with Gasteiger partial charge >= 0.3 is 14.8 Å². The monoisotopic (exact) mass is 350 g/mol. The number of esters is 1. The van der Waals surface area contributed by atoms with Crippen LogP contribution in [-0.2, 0) is 32.3 Å². The van der Waals surface area contributed by atoms with Crippen molar-refractivity contribution in [3.63, 3.8) is 0 Å². The van der Waals surface area contributed by atoms with E-state index in [9.17, 15) is 4.79 Å². The van der Waals surface area contributed by atoms with Gasteiger partial charge in [-0.1, -0.05) is 13.5 Å². The summed E-state index contributed by atoms with van der Waals surface area (Å²) >= 11 is 0. The third-order valence-corrected chi connectivity index (χ3v) is 5.86. The van der Waals surface area contributed by atoms with Gasteiger partial charge in [0.05, 0.1) is 19.8 Å². The molecule has 0 aromatic carbocycles. The van der Waals surface area contributed by atoms with Crippen molar-refractivity contribution in [1.29, 1.82) is 0 Å². The van der Waals surface area contributed by atoms with E-state index in [1.165, 1.54) is 0 Å². The Balaban J connectivity index is 0.000000502. The molecule has 136 valence electrons. The lowest BCUT2D eigenvalue weighted by Gasteiger charge is -2.23. The van der Waals surface area contributed by atoms with Crippen molar-refractivity contribution in [3.8, 4) is 0 Å². The van der Waals surface area contributed by atoms with Gasteiger partial charge in [0.25, 0.3) is 0 Å². The van der Waals surface area contributed by atoms with Gasteiger partial charge in [0.15, 0.2) is 0 Å². The molecular formula is C15H30O7Si. The van der Waals surface area contributed by atoms with Gasteiger partial charge in [0.2, 0.25) is 0 Å². The number of carbonyl (C=O) groups is 1. The summed E-state index contributed by atoms with van der Waals surface area (Å²) in [5.74, 6) is -0.422. The van der Waals surface area contributed by atoms with Crippen molar-refractivity contribution >= 4 is 14.8 Å². The maximum absolute atomic E-state index is 10.7. The first-order valence-electron chi connectivity index (χ1n) is 7.71. The van der Waals surface area contributed by atoms with E-state index < -0.39 is 14.8 Å². The summed E-state index contributed by atoms with van der Waals surface area (Å²) in [5, 5.41) is 0. The van der Waals surface area contributed by atoms with Crippen LogP contribution in [0.2, 0.25) is 6.04 Å². The largest absolute Gasteiger partial charge is 0.500 e. The molecule has 1 saturated heterocycles. The smallest absolute Gasteiger partial charge is 0.463 e. The van der Waals surface area contributed by atoms with Crippen molar-refractivity contribution < 1.29 is 32.3 Å². The number of epoxide rings is 1. The predicted octanol–water partition coefficient (Wildman–Crippen LogP) is 1.80. The molecule has 0 aromatic rings. The highest BCUT2D eigenvalue weighted by molar-refractivity contribution is 6.60. The summed E-state index contributed by atoms with van der Waals surface area (Å²) in [6, 6.07) is 0.612. The van der Waals surface area contributed by atoms with Gasteiger partial charge in [-0.25, -0.2) is 4.79 Å². The Kier molecular flexibility index (Phi) is 13.2. The van der Waals surface area contributed by atoms with Crippen molar-refractivity contribution in [1.82, 2.24) is 0 Å². The molecule has 0 N–H and O–H groups in total. The standard InChI is InChI=1S/C9H18O5Si.C6H12O2/c1-5-9(10)14-7-6-8-15(11-2,12-3)13-4;1-2-3-7-4-6-5-8-6/h5H,1,6-8H2,2-4H3;6H,2-5H2,1H3. The fraction of sp³-hybridized carbons (Fsp3) is 0.800. The van der Waals surface area contributed by atoms with Crippen LogP contribution >= 0.6 is 0 Å². The van der Waals surface area contributed by atoms with Crippen molar-refractivity contribution in [2.45, 2.75) is 31.9 Å². The predicted molar refractivity (Wildman–Crippen MR) is 88.2 cm³/mol. The highest BCUT2D eigenvalue weighted by Crippen LogP contribution is 2.14. The normalized spacial score (nSPS) is 16.3. The minimum Gasteiger partial charge on any atom is -0.463 e. The molecule has 1 rings (SSSR count). The van der Waals surface area contributed by atoms with Gasteiger partial charge < -0.3 is 27.5 Å². The Labute approximate surface area is 140 Å². The average Bonchev–Trinajstić information content (AvgIpc) is 3.40. The maximum Gasteiger partial charge on any atom is 0.500 e. The van der Waals surface area contributed by atoms with Gasteiger partial charge in [-0.05, 0) is 12.8 Å². The molecule has 0 spiro atoms. The summed E-state index contributed by atoms with van der Waals surface area (Å²) in [4.78, 5) is 10.7. The molecule has 0 aromatic heterocycles. The van der Waals surface area contributed by atoms with Gasteiger partial charge in [-0.2, -0.15) is 0 Å². The average molecular weight is 350 g/mol. The molecule has 0 radical (unpaired) electrons. The summed E-state index contributed by atoms with van der Waals surface area (Å²) in [6.07, 6.45) is 3.31. The number of hydrogen-bond acceptors (Lipinski definition) is 7. The molecule has 23 heavy (non-hydrogen) atoms. The van der Waals surface area contributed by atoms with Crippen LogP contribution < -0.4 is 0 Å². The third kappa shape index (κ3) is 11.4. The molecule has 0 bridgehead atoms. The van der Waals surface area contributed by atoms with E-state index in [0.29, 0.717) is 25.2 Å². The summed E-state index contributed by atoms with van der Waals surface area (Å²) in [5.41, 5.74) is 0. The van der Waals surface area contributed by atoms with Gasteiger partial charge in [-0.15, -0.1) is 0 Å². The van der Waals surface area contributed by atoms with E-state index in [1.807, 2.05) is 0 Å². The van der Waals surface area contributed by atoms with Crippen LogP contribution in [0.1, 0.15) is 19.8 Å². The van der Waals surface area contributed by atoms with Crippen LogP contribution in [0.15, 0.2) is 12.7 Å². The van der Waals surface area contributed by atoms with Gasteiger partial charge in [0.1, 0.15) is 6.10 Å². The Morgan fingerprint density at radius 1 is 1.26 bits per heavy atom. The number of rotatable bonds is 12. The SMILES string of the molecule is C=CC(=O)OCCC[Si](OC)(OC)OC.CCCOCC1CO1. The summed E-state index contributed by atoms with van der Waals surface area (Å²) in [6.45, 7) is 8.30. The first-order chi connectivity index (χ1) is 11.1. The molecule has 0 amide bonds. The zero-order valence-corrected chi connectivity index (χ0v) is 15.7. The Bertz CT molecular complexity index is 309. The Hall–Kier alpha value is -0.773. The molecule has 1 unspecified atom stereocenters. The minimum atomic E-state index is -2.52. The topological polar surface area (TPSA) is 75.8 Å². The second-order valence-corrected chi connectivity index (χ2v) is 7.89. The maximum atomic E-state index is 10.7. The number of ether oxygens (including phenoxy) is 3. The van der Waals surface area contributed by atoms with Gasteiger partial charge in [-0.3, -0.25) is 0 Å². The third-order valence-electron chi connectivity index (χ3n) is 3.03. The molecular weight excluding hydrogens is 320 g/mol. The first kappa shape index (κ1) is 22.2. The fourth-order valence-electron chi connectivity index (χ4n) is 1.60. The molecule has 1 aliphatic heterocycles. The van der Waals surface area contributed by atoms with Crippen LogP contribution in [-0.4, -0.2) is 68.6 Å². The van der Waals surface area contributed by atoms with Crippen LogP contribution in [0.25, 0.3) is 0 Å². The quantitative estimate of drug-likeness (QED) is 0.175. The van der Waals surface area contributed by atoms with Crippen molar-refractivity contribution in [3.05, 3.63) is 12.7 Å². The Morgan fingerprint density at radius 2 is 1.87 bits per heavy atom. The van der Waals surface area contributed by atoms with E-state index in [-0.39, 0.29) is 0 Å². The number of carbonyl (C=O) groups excluding carboxylic acids is 1. The van der Waals surface area contributed by atoms with E-state index in [4.69, 9.17) is 27.5 Å². The molecule has 1 atom stereocenters. The van der Waals surface area contributed by atoms with E-state index in [0.717, 1.165) is 32.3 Å². The minimum absolute atomic E-state index is 0.315. The molecule has 0 aliphatic carbocycles. The fourth-order valence-corrected chi connectivity index (χ4v) is 3.29. The Morgan fingerprint density at radius 3 is 2.30 bits per heavy atom. The van der Waals surface area contributed by atoms with Crippen LogP contribution in [0.5, 0.6) is 0 Å². The first-order valence-corrected chi connectivity index (χ1v) is 9.64. The summed E-state index contributed by atoms with van der Waals surface area (Å²) in [7, 11) is 2.13. The lowest BCUT2D eigenvalue weighted by Crippen LogP contribution is -2.42. The number of hydrogen-bond donors (Lipinski definition) is 0. The lowest BCUT2D eigenvalue weighted by molar-refractivity contribution is -0.137. The zero-order valence-electron chi connectivity index (χ0n) is 14.7.